The van der Waals surface area contributed by atoms with Gasteiger partial charge in [-0.05, 0) is 57.8 Å². The third-order valence-corrected chi connectivity index (χ3v) is 7.63. The molecule has 0 spiro atoms. The van der Waals surface area contributed by atoms with Crippen molar-refractivity contribution in [3.63, 3.8) is 0 Å². The average molecular weight is 699 g/mol. The Bertz CT molecular complexity index is 1090. The summed E-state index contributed by atoms with van der Waals surface area (Å²) in [6.45, 7) is 4.35. The molecule has 0 radical (unpaired) electrons. The van der Waals surface area contributed by atoms with Crippen LogP contribution in [-0.2, 0) is 28.6 Å². The van der Waals surface area contributed by atoms with Crippen LogP contribution in [0, 0.1) is 0 Å². The van der Waals surface area contributed by atoms with E-state index in [2.05, 4.69) is 68.5 Å². The zero-order valence-corrected chi connectivity index (χ0v) is 31.8. The molecule has 0 fully saturated rings. The Hall–Kier alpha value is -3.49. The summed E-state index contributed by atoms with van der Waals surface area (Å²) in [5, 5.41) is 9.57. The number of quaternary nitrogens is 1. The number of rotatable bonds is 31. The molecule has 0 aromatic carbocycles. The van der Waals surface area contributed by atoms with Gasteiger partial charge in [-0.15, -0.1) is 0 Å². The third-order valence-electron chi connectivity index (χ3n) is 7.63. The Morgan fingerprint density at radius 2 is 1.18 bits per heavy atom. The molecule has 1 N–H and O–H groups in total. The van der Waals surface area contributed by atoms with Crippen molar-refractivity contribution in [1.82, 2.24) is 0 Å². The van der Waals surface area contributed by atoms with Crippen molar-refractivity contribution in [3.05, 3.63) is 85.1 Å². The van der Waals surface area contributed by atoms with E-state index in [0.717, 1.165) is 70.6 Å². The van der Waals surface area contributed by atoms with Gasteiger partial charge in [0.15, 0.2) is 12.1 Å². The predicted molar refractivity (Wildman–Crippen MR) is 206 cm³/mol. The number of esters is 2. The molecule has 0 saturated heterocycles. The fourth-order valence-corrected chi connectivity index (χ4v) is 4.77. The molecule has 2 unspecified atom stereocenters. The van der Waals surface area contributed by atoms with E-state index >= 15 is 0 Å². The molecule has 0 aliphatic heterocycles. The predicted octanol–water partition coefficient (Wildman–Crippen LogP) is 9.40. The summed E-state index contributed by atoms with van der Waals surface area (Å²) in [4.78, 5) is 36.7. The van der Waals surface area contributed by atoms with Crippen LogP contribution in [-0.4, -0.2) is 80.6 Å². The number of nitrogens with zero attached hydrogens (tertiary/aromatic N) is 1. The van der Waals surface area contributed by atoms with Crippen LogP contribution in [0.1, 0.15) is 110 Å². The van der Waals surface area contributed by atoms with E-state index < -0.39 is 18.1 Å². The van der Waals surface area contributed by atoms with Gasteiger partial charge in [0.1, 0.15) is 6.61 Å². The van der Waals surface area contributed by atoms with E-state index in [1.165, 1.54) is 0 Å². The van der Waals surface area contributed by atoms with Crippen LogP contribution >= 0.6 is 0 Å². The van der Waals surface area contributed by atoms with E-state index in [0.29, 0.717) is 19.3 Å². The highest BCUT2D eigenvalue weighted by Crippen LogP contribution is 2.11. The smallest absolute Gasteiger partial charge is 0.362 e. The van der Waals surface area contributed by atoms with Crippen molar-refractivity contribution >= 4 is 17.9 Å². The summed E-state index contributed by atoms with van der Waals surface area (Å²) in [5.41, 5.74) is 0. The van der Waals surface area contributed by atoms with E-state index in [-0.39, 0.29) is 42.7 Å². The number of carboxylic acids is 1. The van der Waals surface area contributed by atoms with Crippen LogP contribution < -0.4 is 0 Å². The molecule has 50 heavy (non-hydrogen) atoms. The molecule has 8 nitrogen and oxygen atoms in total. The Morgan fingerprint density at radius 1 is 0.620 bits per heavy atom. The highest BCUT2D eigenvalue weighted by molar-refractivity contribution is 5.72. The van der Waals surface area contributed by atoms with Crippen molar-refractivity contribution in [2.75, 3.05) is 41.0 Å². The zero-order valence-electron chi connectivity index (χ0n) is 31.8. The van der Waals surface area contributed by atoms with E-state index in [9.17, 15) is 19.5 Å². The monoisotopic (exact) mass is 698 g/mol. The van der Waals surface area contributed by atoms with Gasteiger partial charge >= 0.3 is 17.9 Å². The first-order chi connectivity index (χ1) is 24.1. The molecule has 0 aliphatic rings. The van der Waals surface area contributed by atoms with Crippen LogP contribution in [0.5, 0.6) is 0 Å². The molecule has 0 rings (SSSR count). The van der Waals surface area contributed by atoms with E-state index in [1.807, 2.05) is 51.5 Å². The minimum atomic E-state index is -0.892. The van der Waals surface area contributed by atoms with Crippen molar-refractivity contribution in [3.8, 4) is 0 Å². The number of hydrogen-bond donors (Lipinski definition) is 1. The SMILES string of the molecule is CC/C=C/C=C/C=C/C=C/CCCCCCCC(=O)OCC(COCCC(C(=O)O)[N+](C)(C)C)OC(=O)CCC/C=C/C/C=C/C/C=C/CC. The fraction of sp³-hybridized carbons (Fsp3) is 0.595. The number of hydrogen-bond acceptors (Lipinski definition) is 6. The Kier molecular flexibility index (Phi) is 30.4. The number of carbonyl (C=O) groups is 3. The summed E-state index contributed by atoms with van der Waals surface area (Å²) < 4.78 is 17.1. The molecule has 282 valence electrons. The quantitative estimate of drug-likeness (QED) is 0.0253. The summed E-state index contributed by atoms with van der Waals surface area (Å²) >= 11 is 0. The number of unbranched alkanes of at least 4 members (excludes halogenated alkanes) is 6. The van der Waals surface area contributed by atoms with Gasteiger partial charge in [-0.2, -0.15) is 0 Å². The van der Waals surface area contributed by atoms with Gasteiger partial charge in [0, 0.05) is 19.3 Å². The topological polar surface area (TPSA) is 99.1 Å². The van der Waals surface area contributed by atoms with Gasteiger partial charge in [-0.1, -0.05) is 118 Å². The lowest BCUT2D eigenvalue weighted by Crippen LogP contribution is -2.50. The summed E-state index contributed by atoms with van der Waals surface area (Å²) in [6, 6.07) is -0.630. The number of aliphatic carboxylic acids is 1. The maximum Gasteiger partial charge on any atom is 0.362 e. The first-order valence-corrected chi connectivity index (χ1v) is 18.7. The normalized spacial score (nSPS) is 14.0. The number of ether oxygens (including phenoxy) is 3. The van der Waals surface area contributed by atoms with Gasteiger partial charge in [0.25, 0.3) is 0 Å². The number of carbonyl (C=O) groups excluding carboxylic acids is 2. The molecule has 0 saturated carbocycles. The van der Waals surface area contributed by atoms with Crippen molar-refractivity contribution in [1.29, 1.82) is 0 Å². The van der Waals surface area contributed by atoms with Crippen LogP contribution in [0.2, 0.25) is 0 Å². The van der Waals surface area contributed by atoms with Crippen molar-refractivity contribution < 1.29 is 38.2 Å². The summed E-state index contributed by atoms with van der Waals surface area (Å²) in [6.07, 6.45) is 40.7. The minimum Gasteiger partial charge on any atom is -0.477 e. The maximum atomic E-state index is 12.6. The average Bonchev–Trinajstić information content (AvgIpc) is 3.06. The van der Waals surface area contributed by atoms with Gasteiger partial charge in [-0.25, -0.2) is 4.79 Å². The van der Waals surface area contributed by atoms with E-state index in [1.54, 1.807) is 0 Å². The second-order valence-electron chi connectivity index (χ2n) is 13.2. The highest BCUT2D eigenvalue weighted by Gasteiger charge is 2.31. The van der Waals surface area contributed by atoms with E-state index in [4.69, 9.17) is 14.2 Å². The van der Waals surface area contributed by atoms with Crippen LogP contribution in [0.25, 0.3) is 0 Å². The molecule has 0 heterocycles. The number of likely N-dealkylation sites (N-methyl/N-ethyl adjacent to an activating group) is 1. The number of allylic oxidation sites excluding steroid dienone is 14. The van der Waals surface area contributed by atoms with Gasteiger partial charge in [0.05, 0.1) is 34.4 Å². The van der Waals surface area contributed by atoms with Gasteiger partial charge < -0.3 is 23.8 Å². The van der Waals surface area contributed by atoms with Crippen LogP contribution in [0.4, 0.5) is 0 Å². The first kappa shape index (κ1) is 46.5. The minimum absolute atomic E-state index is 0.0272. The lowest BCUT2D eigenvalue weighted by atomic mass is 10.1. The molecular weight excluding hydrogens is 630 g/mol. The molecule has 0 aromatic heterocycles. The van der Waals surface area contributed by atoms with Crippen molar-refractivity contribution in [2.24, 2.45) is 0 Å². The molecule has 8 heteroatoms. The Labute approximate surface area is 303 Å². The summed E-state index contributed by atoms with van der Waals surface area (Å²) in [5.74, 6) is -1.59. The lowest BCUT2D eigenvalue weighted by molar-refractivity contribution is -0.887. The van der Waals surface area contributed by atoms with Crippen LogP contribution in [0.15, 0.2) is 85.1 Å². The second kappa shape index (κ2) is 32.7. The zero-order chi connectivity index (χ0) is 37.1. The Morgan fingerprint density at radius 3 is 1.84 bits per heavy atom. The lowest BCUT2D eigenvalue weighted by Gasteiger charge is -2.31. The molecule has 0 aromatic rings. The highest BCUT2D eigenvalue weighted by atomic mass is 16.6. The second-order valence-corrected chi connectivity index (χ2v) is 13.2. The fourth-order valence-electron chi connectivity index (χ4n) is 4.77. The maximum absolute atomic E-state index is 12.6. The van der Waals surface area contributed by atoms with Gasteiger partial charge in [0.2, 0.25) is 0 Å². The molecule has 0 amide bonds. The first-order valence-electron chi connectivity index (χ1n) is 18.7. The summed E-state index contributed by atoms with van der Waals surface area (Å²) in [7, 11) is 5.47. The molecule has 2 atom stereocenters. The molecule has 0 aliphatic carbocycles. The van der Waals surface area contributed by atoms with Crippen molar-refractivity contribution in [2.45, 2.75) is 122 Å². The Balaban J connectivity index is 4.55. The third kappa shape index (κ3) is 30.6. The van der Waals surface area contributed by atoms with Gasteiger partial charge in [-0.3, -0.25) is 9.59 Å². The standard InChI is InChI=1S/C42H67NO7/c1-6-8-10-12-14-16-18-19-20-21-23-24-26-28-30-32-40(44)49-37-38(36-48-35-34-39(42(46)47)43(3,4)5)50-41(45)33-31-29-27-25-22-17-15-13-11-9-7-2/h8-12,14-20,25,27,38-39H,6-7,13,21-24,26,28-37H2,1-5H3/p+1/b10-8+,11-9+,14-12+,17-15+,18-16+,20-19+,27-25+. The molecular formula is C42H68NO7+. The largest absolute Gasteiger partial charge is 0.477 e. The molecule has 0 bridgehead atoms. The van der Waals surface area contributed by atoms with Crippen LogP contribution in [0.3, 0.4) is 0 Å². The number of carboxylic acid groups (broad SMARTS) is 1.